The van der Waals surface area contributed by atoms with Gasteiger partial charge in [0.15, 0.2) is 0 Å². The number of anilines is 2. The van der Waals surface area contributed by atoms with Crippen LogP contribution in [0.5, 0.6) is 0 Å². The van der Waals surface area contributed by atoms with Crippen LogP contribution in [0.4, 0.5) is 11.4 Å². The minimum absolute atomic E-state index is 0.111. The number of halogens is 2. The molecule has 0 atom stereocenters. The number of benzene rings is 2. The number of nitrogen functional groups attached to an aromatic ring is 1. The second kappa shape index (κ2) is 7.02. The molecule has 0 unspecified atom stereocenters. The van der Waals surface area contributed by atoms with Crippen molar-refractivity contribution in [3.63, 3.8) is 0 Å². The third-order valence-corrected chi connectivity index (χ3v) is 4.75. The van der Waals surface area contributed by atoms with Crippen LogP contribution >= 0.6 is 39.3 Å². The second-order valence-corrected chi connectivity index (χ2v) is 6.31. The van der Waals surface area contributed by atoms with Crippen molar-refractivity contribution in [1.29, 1.82) is 0 Å². The molecule has 0 saturated heterocycles. The predicted molar refractivity (Wildman–Crippen MR) is 89.4 cm³/mol. The molecule has 20 heavy (non-hydrogen) atoms. The highest BCUT2D eigenvalue weighted by Crippen LogP contribution is 2.27. The minimum atomic E-state index is -0.111. The van der Waals surface area contributed by atoms with Gasteiger partial charge in [-0.05, 0) is 46.3 Å². The van der Waals surface area contributed by atoms with Crippen LogP contribution in [0.25, 0.3) is 0 Å². The van der Waals surface area contributed by atoms with Crippen LogP contribution in [0, 0.1) is 0 Å². The lowest BCUT2D eigenvalue weighted by Gasteiger charge is -2.08. The Morgan fingerprint density at radius 3 is 2.75 bits per heavy atom. The van der Waals surface area contributed by atoms with E-state index in [-0.39, 0.29) is 5.91 Å². The van der Waals surface area contributed by atoms with Gasteiger partial charge in [0, 0.05) is 14.4 Å². The van der Waals surface area contributed by atoms with Crippen LogP contribution in [0.1, 0.15) is 0 Å². The van der Waals surface area contributed by atoms with Gasteiger partial charge in [-0.25, -0.2) is 0 Å². The van der Waals surface area contributed by atoms with Crippen molar-refractivity contribution < 1.29 is 4.79 Å². The smallest absolute Gasteiger partial charge is 0.234 e. The van der Waals surface area contributed by atoms with Crippen LogP contribution in [0.2, 0.25) is 5.02 Å². The maximum absolute atomic E-state index is 11.9. The molecule has 2 rings (SSSR count). The Balaban J connectivity index is 1.94. The van der Waals surface area contributed by atoms with Crippen LogP contribution in [-0.4, -0.2) is 11.7 Å². The van der Waals surface area contributed by atoms with E-state index >= 15 is 0 Å². The summed E-state index contributed by atoms with van der Waals surface area (Å²) < 4.78 is 0.976. The van der Waals surface area contributed by atoms with Crippen molar-refractivity contribution in [1.82, 2.24) is 0 Å². The summed E-state index contributed by atoms with van der Waals surface area (Å²) in [7, 11) is 0. The topological polar surface area (TPSA) is 55.1 Å². The van der Waals surface area contributed by atoms with Crippen LogP contribution in [0.3, 0.4) is 0 Å². The Bertz CT molecular complexity index is 636. The number of carbonyl (C=O) groups excluding carboxylic acids is 1. The fourth-order valence-electron chi connectivity index (χ4n) is 1.54. The van der Waals surface area contributed by atoms with Gasteiger partial charge in [-0.2, -0.15) is 0 Å². The van der Waals surface area contributed by atoms with E-state index in [4.69, 9.17) is 17.3 Å². The van der Waals surface area contributed by atoms with E-state index < -0.39 is 0 Å². The lowest BCUT2D eigenvalue weighted by molar-refractivity contribution is -0.113. The molecule has 104 valence electrons. The number of nitrogens with one attached hydrogen (secondary N) is 1. The molecular weight excluding hydrogens is 360 g/mol. The summed E-state index contributed by atoms with van der Waals surface area (Å²) in [5.41, 5.74) is 6.82. The largest absolute Gasteiger partial charge is 0.397 e. The predicted octanol–water partition coefficient (Wildman–Crippen LogP) is 4.42. The van der Waals surface area contributed by atoms with E-state index in [1.165, 1.54) is 11.8 Å². The number of hydrogen-bond donors (Lipinski definition) is 2. The minimum Gasteiger partial charge on any atom is -0.397 e. The number of hydrogen-bond acceptors (Lipinski definition) is 3. The average molecular weight is 372 g/mol. The summed E-state index contributed by atoms with van der Waals surface area (Å²) in [6, 6.07) is 12.8. The molecule has 0 saturated carbocycles. The molecule has 0 heterocycles. The van der Waals surface area contributed by atoms with Crippen molar-refractivity contribution in [2.45, 2.75) is 4.90 Å². The normalized spacial score (nSPS) is 10.3. The lowest BCUT2D eigenvalue weighted by Crippen LogP contribution is -2.15. The Hall–Kier alpha value is -1.17. The second-order valence-electron chi connectivity index (χ2n) is 4.00. The van der Waals surface area contributed by atoms with Crippen molar-refractivity contribution in [3.05, 3.63) is 52.0 Å². The monoisotopic (exact) mass is 370 g/mol. The number of amides is 1. The van der Waals surface area contributed by atoms with Gasteiger partial charge < -0.3 is 11.1 Å². The van der Waals surface area contributed by atoms with Gasteiger partial charge >= 0.3 is 0 Å². The molecule has 1 amide bonds. The van der Waals surface area contributed by atoms with Crippen molar-refractivity contribution in [2.75, 3.05) is 16.8 Å². The van der Waals surface area contributed by atoms with E-state index in [1.807, 2.05) is 24.3 Å². The number of carbonyl (C=O) groups is 1. The molecule has 0 aliphatic carbocycles. The summed E-state index contributed by atoms with van der Waals surface area (Å²) in [6.45, 7) is 0. The zero-order chi connectivity index (χ0) is 14.5. The number of thioether (sulfide) groups is 1. The first kappa shape index (κ1) is 15.2. The van der Waals surface area contributed by atoms with Gasteiger partial charge in [0.1, 0.15) is 0 Å². The third kappa shape index (κ3) is 4.16. The molecule has 3 nitrogen and oxygen atoms in total. The van der Waals surface area contributed by atoms with Crippen LogP contribution in [0.15, 0.2) is 51.8 Å². The molecule has 3 N–H and O–H groups in total. The summed E-state index contributed by atoms with van der Waals surface area (Å²) >= 11 is 10.7. The molecular formula is C14H12BrClN2OS. The average Bonchev–Trinajstić information content (AvgIpc) is 2.41. The molecule has 0 bridgehead atoms. The highest BCUT2D eigenvalue weighted by molar-refractivity contribution is 9.10. The Morgan fingerprint density at radius 1 is 1.30 bits per heavy atom. The molecule has 0 aliphatic rings. The summed E-state index contributed by atoms with van der Waals surface area (Å²) in [6.07, 6.45) is 0. The fraction of sp³-hybridized carbons (Fsp3) is 0.0714. The molecule has 0 radical (unpaired) electrons. The quantitative estimate of drug-likeness (QED) is 0.618. The standard InChI is InChI=1S/C14H12BrClN2OS/c15-10-3-1-2-4-13(10)20-8-14(19)18-12-6-5-9(16)7-11(12)17/h1-7H,8,17H2,(H,18,19). The first-order chi connectivity index (χ1) is 9.56. The van der Waals surface area contributed by atoms with E-state index in [0.717, 1.165) is 9.37 Å². The molecule has 0 aromatic heterocycles. The van der Waals surface area contributed by atoms with E-state index in [1.54, 1.807) is 18.2 Å². The molecule has 2 aromatic rings. The molecule has 0 fully saturated rings. The molecule has 2 aromatic carbocycles. The fourth-order valence-corrected chi connectivity index (χ4v) is 3.09. The van der Waals surface area contributed by atoms with Gasteiger partial charge in [0.25, 0.3) is 0 Å². The first-order valence-corrected chi connectivity index (χ1v) is 7.94. The van der Waals surface area contributed by atoms with Crippen molar-refractivity contribution in [2.24, 2.45) is 0 Å². The maximum Gasteiger partial charge on any atom is 0.234 e. The van der Waals surface area contributed by atoms with Gasteiger partial charge in [-0.1, -0.05) is 23.7 Å². The SMILES string of the molecule is Nc1cc(Cl)ccc1NC(=O)CSc1ccccc1Br. The Labute approximate surface area is 135 Å². The van der Waals surface area contributed by atoms with Gasteiger partial charge in [0.2, 0.25) is 5.91 Å². The number of rotatable bonds is 4. The highest BCUT2D eigenvalue weighted by Gasteiger charge is 2.07. The van der Waals surface area contributed by atoms with Crippen molar-refractivity contribution >= 4 is 56.6 Å². The first-order valence-electron chi connectivity index (χ1n) is 5.78. The van der Waals surface area contributed by atoms with E-state index in [2.05, 4.69) is 21.2 Å². The van der Waals surface area contributed by atoms with E-state index in [0.29, 0.717) is 22.2 Å². The van der Waals surface area contributed by atoms with Gasteiger partial charge in [-0.15, -0.1) is 11.8 Å². The third-order valence-electron chi connectivity index (χ3n) is 2.48. The highest BCUT2D eigenvalue weighted by atomic mass is 79.9. The van der Waals surface area contributed by atoms with E-state index in [9.17, 15) is 4.79 Å². The summed E-state index contributed by atoms with van der Waals surface area (Å²) in [5, 5.41) is 3.31. The molecule has 0 aliphatic heterocycles. The van der Waals surface area contributed by atoms with Crippen LogP contribution < -0.4 is 11.1 Å². The zero-order valence-electron chi connectivity index (χ0n) is 10.4. The lowest BCUT2D eigenvalue weighted by atomic mass is 10.2. The Morgan fingerprint density at radius 2 is 2.05 bits per heavy atom. The summed E-state index contributed by atoms with van der Waals surface area (Å²) in [5.74, 6) is 0.199. The maximum atomic E-state index is 11.9. The molecule has 0 spiro atoms. The number of nitrogens with two attached hydrogens (primary N) is 1. The van der Waals surface area contributed by atoms with Gasteiger partial charge in [-0.3, -0.25) is 4.79 Å². The van der Waals surface area contributed by atoms with Crippen molar-refractivity contribution in [3.8, 4) is 0 Å². The zero-order valence-corrected chi connectivity index (χ0v) is 13.6. The Kier molecular flexibility index (Phi) is 5.34. The summed E-state index contributed by atoms with van der Waals surface area (Å²) in [4.78, 5) is 12.9. The van der Waals surface area contributed by atoms with Gasteiger partial charge in [0.05, 0.1) is 17.1 Å². The van der Waals surface area contributed by atoms with Crippen LogP contribution in [-0.2, 0) is 4.79 Å². The molecule has 6 heteroatoms.